The molecule has 0 amide bonds. The van der Waals surface area contributed by atoms with Crippen molar-refractivity contribution in [3.8, 4) is 0 Å². The van der Waals surface area contributed by atoms with Gasteiger partial charge in [0.15, 0.2) is 0 Å². The zero-order chi connectivity index (χ0) is 11.4. The Hall–Kier alpha value is -1.82. The van der Waals surface area contributed by atoms with Crippen LogP contribution in [0.3, 0.4) is 0 Å². The Morgan fingerprint density at radius 1 is 1.67 bits per heavy atom. The summed E-state index contributed by atoms with van der Waals surface area (Å²) in [5.41, 5.74) is 5.88. The summed E-state index contributed by atoms with van der Waals surface area (Å²) in [6, 6.07) is 4.27. The minimum Gasteiger partial charge on any atom is -0.399 e. The molecule has 0 aliphatic heterocycles. The van der Waals surface area contributed by atoms with E-state index in [-0.39, 0.29) is 11.4 Å². The van der Waals surface area contributed by atoms with Gasteiger partial charge in [0.2, 0.25) is 0 Å². The normalized spacial score (nSPS) is 12.1. The Labute approximate surface area is 86.9 Å². The molecule has 0 fully saturated rings. The van der Waals surface area contributed by atoms with E-state index in [2.05, 4.69) is 5.32 Å². The van der Waals surface area contributed by atoms with Crippen molar-refractivity contribution >= 4 is 17.1 Å². The molecule has 0 aromatic heterocycles. The number of nitrogens with zero attached hydrogens (tertiary/aromatic N) is 1. The van der Waals surface area contributed by atoms with Crippen molar-refractivity contribution in [3.63, 3.8) is 0 Å². The number of nitro benzene ring substituents is 1. The van der Waals surface area contributed by atoms with Gasteiger partial charge in [0, 0.05) is 11.8 Å². The van der Waals surface area contributed by atoms with Crippen molar-refractivity contribution in [1.82, 2.24) is 0 Å². The van der Waals surface area contributed by atoms with Crippen molar-refractivity contribution in [2.75, 3.05) is 11.1 Å². The number of nitrogens with two attached hydrogens (primary N) is 1. The number of aliphatic hydroxyl groups is 1. The standard InChI is InChI=1S/C9H13N3O3/c1-2-9(13)11-7-4-3-6(10)5-8(7)12(14)15/h3-5,9,11,13H,2,10H2,1H3. The molecule has 0 spiro atoms. The van der Waals surface area contributed by atoms with Crippen LogP contribution < -0.4 is 11.1 Å². The molecule has 1 aromatic rings. The second kappa shape index (κ2) is 4.61. The average molecular weight is 211 g/mol. The Bertz CT molecular complexity index is 368. The first-order chi connectivity index (χ1) is 7.04. The highest BCUT2D eigenvalue weighted by molar-refractivity contribution is 5.66. The van der Waals surface area contributed by atoms with Gasteiger partial charge in [0.05, 0.1) is 4.92 Å². The van der Waals surface area contributed by atoms with Gasteiger partial charge in [0.25, 0.3) is 5.69 Å². The molecule has 0 heterocycles. The first kappa shape index (κ1) is 11.3. The van der Waals surface area contributed by atoms with Crippen LogP contribution in [0.4, 0.5) is 17.1 Å². The predicted molar refractivity (Wildman–Crippen MR) is 57.4 cm³/mol. The summed E-state index contributed by atoms with van der Waals surface area (Å²) in [5, 5.41) is 22.6. The number of benzene rings is 1. The number of hydrogen-bond acceptors (Lipinski definition) is 5. The fourth-order valence-electron chi connectivity index (χ4n) is 1.10. The monoisotopic (exact) mass is 211 g/mol. The molecule has 82 valence electrons. The third kappa shape index (κ3) is 2.81. The lowest BCUT2D eigenvalue weighted by Crippen LogP contribution is -2.17. The fourth-order valence-corrected chi connectivity index (χ4v) is 1.10. The summed E-state index contributed by atoms with van der Waals surface area (Å²) in [6.45, 7) is 1.76. The molecule has 1 aromatic carbocycles. The highest BCUT2D eigenvalue weighted by atomic mass is 16.6. The number of rotatable bonds is 4. The molecule has 1 rings (SSSR count). The molecule has 0 bridgehead atoms. The maximum Gasteiger partial charge on any atom is 0.294 e. The van der Waals surface area contributed by atoms with E-state index < -0.39 is 11.2 Å². The number of nitrogens with one attached hydrogen (secondary N) is 1. The summed E-state index contributed by atoms with van der Waals surface area (Å²) in [6.07, 6.45) is -0.339. The first-order valence-corrected chi connectivity index (χ1v) is 4.53. The van der Waals surface area contributed by atoms with Crippen LogP contribution in [-0.4, -0.2) is 16.3 Å². The zero-order valence-corrected chi connectivity index (χ0v) is 8.30. The Kier molecular flexibility index (Phi) is 3.46. The molecule has 1 atom stereocenters. The third-order valence-electron chi connectivity index (χ3n) is 1.93. The van der Waals surface area contributed by atoms with E-state index in [0.717, 1.165) is 0 Å². The van der Waals surface area contributed by atoms with Crippen LogP contribution >= 0.6 is 0 Å². The Morgan fingerprint density at radius 2 is 2.33 bits per heavy atom. The minimum absolute atomic E-state index is 0.137. The molecule has 0 aliphatic rings. The Morgan fingerprint density at radius 3 is 2.87 bits per heavy atom. The first-order valence-electron chi connectivity index (χ1n) is 4.53. The highest BCUT2D eigenvalue weighted by Crippen LogP contribution is 2.27. The van der Waals surface area contributed by atoms with Gasteiger partial charge in [-0.15, -0.1) is 0 Å². The quantitative estimate of drug-likeness (QED) is 0.301. The van der Waals surface area contributed by atoms with Gasteiger partial charge in [-0.1, -0.05) is 6.92 Å². The molecule has 15 heavy (non-hydrogen) atoms. The van der Waals surface area contributed by atoms with Crippen molar-refractivity contribution < 1.29 is 10.0 Å². The largest absolute Gasteiger partial charge is 0.399 e. The maximum atomic E-state index is 10.7. The van der Waals surface area contributed by atoms with Crippen LogP contribution in [0.1, 0.15) is 13.3 Å². The predicted octanol–water partition coefficient (Wildman–Crippen LogP) is 1.32. The van der Waals surface area contributed by atoms with Gasteiger partial charge in [-0.05, 0) is 18.6 Å². The van der Waals surface area contributed by atoms with Crippen LogP contribution in [0.2, 0.25) is 0 Å². The summed E-state index contributed by atoms with van der Waals surface area (Å²) in [7, 11) is 0. The minimum atomic E-state index is -0.799. The lowest BCUT2D eigenvalue weighted by Gasteiger charge is -2.12. The van der Waals surface area contributed by atoms with E-state index in [1.165, 1.54) is 18.2 Å². The number of anilines is 2. The summed E-state index contributed by atoms with van der Waals surface area (Å²) in [5.74, 6) is 0. The molecule has 6 heteroatoms. The van der Waals surface area contributed by atoms with E-state index in [1.54, 1.807) is 6.92 Å². The fraction of sp³-hybridized carbons (Fsp3) is 0.333. The van der Waals surface area contributed by atoms with E-state index in [0.29, 0.717) is 12.1 Å². The van der Waals surface area contributed by atoms with Crippen LogP contribution in [-0.2, 0) is 0 Å². The maximum absolute atomic E-state index is 10.7. The topological polar surface area (TPSA) is 101 Å². The van der Waals surface area contributed by atoms with Gasteiger partial charge in [-0.25, -0.2) is 0 Å². The van der Waals surface area contributed by atoms with Crippen LogP contribution in [0.5, 0.6) is 0 Å². The number of hydrogen-bond donors (Lipinski definition) is 3. The summed E-state index contributed by atoms with van der Waals surface area (Å²) < 4.78 is 0. The number of aliphatic hydroxyl groups excluding tert-OH is 1. The summed E-state index contributed by atoms with van der Waals surface area (Å²) >= 11 is 0. The van der Waals surface area contributed by atoms with Crippen molar-refractivity contribution in [1.29, 1.82) is 0 Å². The average Bonchev–Trinajstić information content (AvgIpc) is 2.20. The third-order valence-corrected chi connectivity index (χ3v) is 1.93. The molecule has 4 N–H and O–H groups in total. The number of nitrogen functional groups attached to an aromatic ring is 1. The molecule has 1 unspecified atom stereocenters. The van der Waals surface area contributed by atoms with Gasteiger partial charge in [-0.2, -0.15) is 0 Å². The Balaban J connectivity index is 3.01. The molecule has 0 radical (unpaired) electrons. The lowest BCUT2D eigenvalue weighted by atomic mass is 10.2. The van der Waals surface area contributed by atoms with Crippen LogP contribution in [0.15, 0.2) is 18.2 Å². The smallest absolute Gasteiger partial charge is 0.294 e. The summed E-state index contributed by atoms with van der Waals surface area (Å²) in [4.78, 5) is 10.1. The number of nitro groups is 1. The van der Waals surface area contributed by atoms with E-state index in [9.17, 15) is 15.2 Å². The molecule has 0 aliphatic carbocycles. The van der Waals surface area contributed by atoms with Crippen LogP contribution in [0.25, 0.3) is 0 Å². The van der Waals surface area contributed by atoms with E-state index in [4.69, 9.17) is 5.73 Å². The van der Waals surface area contributed by atoms with Gasteiger partial charge < -0.3 is 16.2 Å². The second-order valence-electron chi connectivity index (χ2n) is 3.10. The molecule has 6 nitrogen and oxygen atoms in total. The van der Waals surface area contributed by atoms with Gasteiger partial charge in [-0.3, -0.25) is 10.1 Å². The van der Waals surface area contributed by atoms with E-state index in [1.807, 2.05) is 0 Å². The molecule has 0 saturated heterocycles. The molecule has 0 saturated carbocycles. The lowest BCUT2D eigenvalue weighted by molar-refractivity contribution is -0.383. The van der Waals surface area contributed by atoms with Crippen molar-refractivity contribution in [3.05, 3.63) is 28.3 Å². The van der Waals surface area contributed by atoms with Crippen LogP contribution in [0, 0.1) is 10.1 Å². The van der Waals surface area contributed by atoms with Crippen molar-refractivity contribution in [2.24, 2.45) is 0 Å². The SMILES string of the molecule is CCC(O)Nc1ccc(N)cc1[N+](=O)[O-]. The second-order valence-corrected chi connectivity index (χ2v) is 3.10. The highest BCUT2D eigenvalue weighted by Gasteiger charge is 2.15. The molecular weight excluding hydrogens is 198 g/mol. The molecular formula is C9H13N3O3. The van der Waals surface area contributed by atoms with Gasteiger partial charge >= 0.3 is 0 Å². The zero-order valence-electron chi connectivity index (χ0n) is 8.30. The van der Waals surface area contributed by atoms with Gasteiger partial charge in [0.1, 0.15) is 11.9 Å². The van der Waals surface area contributed by atoms with Crippen molar-refractivity contribution in [2.45, 2.75) is 19.6 Å². The van der Waals surface area contributed by atoms with E-state index >= 15 is 0 Å².